The van der Waals surface area contributed by atoms with Gasteiger partial charge in [-0.05, 0) is 53.0 Å². The van der Waals surface area contributed by atoms with E-state index in [1.54, 1.807) is 0 Å². The molecule has 1 N–H and O–H groups in total. The van der Waals surface area contributed by atoms with E-state index in [2.05, 4.69) is 5.32 Å². The zero-order valence-corrected chi connectivity index (χ0v) is 11.2. The maximum atomic E-state index is 11.9. The van der Waals surface area contributed by atoms with Gasteiger partial charge in [-0.15, -0.1) is 0 Å². The molecule has 2 rings (SSSR count). The highest BCUT2D eigenvalue weighted by molar-refractivity contribution is 5.68. The van der Waals surface area contributed by atoms with Crippen molar-refractivity contribution in [3.8, 4) is 0 Å². The van der Waals surface area contributed by atoms with Crippen molar-refractivity contribution < 1.29 is 9.53 Å². The Morgan fingerprint density at radius 2 is 1.88 bits per heavy atom. The molecule has 0 atom stereocenters. The van der Waals surface area contributed by atoms with Crippen LogP contribution in [0.25, 0.3) is 0 Å². The van der Waals surface area contributed by atoms with Crippen molar-refractivity contribution >= 4 is 6.09 Å². The molecule has 17 heavy (non-hydrogen) atoms. The molecule has 98 valence electrons. The van der Waals surface area contributed by atoms with Crippen LogP contribution in [0.4, 0.5) is 4.79 Å². The van der Waals surface area contributed by atoms with Crippen LogP contribution < -0.4 is 5.32 Å². The summed E-state index contributed by atoms with van der Waals surface area (Å²) in [4.78, 5) is 13.7. The van der Waals surface area contributed by atoms with Crippen LogP contribution in [0.15, 0.2) is 0 Å². The SMILES string of the molecule is CC(C)(C)OC(=O)N1CCC2(CCCN2)CC1. The van der Waals surface area contributed by atoms with E-state index in [1.165, 1.54) is 12.8 Å². The van der Waals surface area contributed by atoms with E-state index in [4.69, 9.17) is 4.74 Å². The number of rotatable bonds is 0. The molecule has 0 aliphatic carbocycles. The van der Waals surface area contributed by atoms with Gasteiger partial charge in [0.2, 0.25) is 0 Å². The summed E-state index contributed by atoms with van der Waals surface area (Å²) in [5, 5.41) is 3.60. The largest absolute Gasteiger partial charge is 0.444 e. The molecule has 0 aromatic heterocycles. The first-order valence-electron chi connectivity index (χ1n) is 6.63. The van der Waals surface area contributed by atoms with Crippen LogP contribution >= 0.6 is 0 Å². The van der Waals surface area contributed by atoms with Crippen LogP contribution in [0.3, 0.4) is 0 Å². The number of amides is 1. The van der Waals surface area contributed by atoms with Crippen molar-refractivity contribution in [3.05, 3.63) is 0 Å². The lowest BCUT2D eigenvalue weighted by Gasteiger charge is -2.39. The highest BCUT2D eigenvalue weighted by atomic mass is 16.6. The average molecular weight is 240 g/mol. The number of piperidine rings is 1. The second-order valence-corrected chi connectivity index (χ2v) is 6.28. The van der Waals surface area contributed by atoms with Gasteiger partial charge in [-0.25, -0.2) is 4.79 Å². The van der Waals surface area contributed by atoms with Gasteiger partial charge in [-0.1, -0.05) is 0 Å². The molecule has 0 aromatic rings. The van der Waals surface area contributed by atoms with E-state index >= 15 is 0 Å². The first-order chi connectivity index (χ1) is 7.90. The summed E-state index contributed by atoms with van der Waals surface area (Å²) in [6, 6.07) is 0. The number of nitrogens with one attached hydrogen (secondary N) is 1. The lowest BCUT2D eigenvalue weighted by atomic mass is 9.86. The molecule has 4 heteroatoms. The van der Waals surface area contributed by atoms with Crippen LogP contribution in [-0.2, 0) is 4.74 Å². The minimum atomic E-state index is -0.391. The second kappa shape index (κ2) is 4.48. The standard InChI is InChI=1S/C13H24N2O2/c1-12(2,3)17-11(16)15-9-6-13(7-10-15)5-4-8-14-13/h14H,4-10H2,1-3H3. The molecule has 0 saturated carbocycles. The topological polar surface area (TPSA) is 41.6 Å². The Balaban J connectivity index is 1.84. The summed E-state index contributed by atoms with van der Waals surface area (Å²) >= 11 is 0. The number of likely N-dealkylation sites (tertiary alicyclic amines) is 1. The number of hydrogen-bond acceptors (Lipinski definition) is 3. The van der Waals surface area contributed by atoms with E-state index in [1.807, 2.05) is 25.7 Å². The molecule has 1 amide bonds. The molecule has 2 heterocycles. The Hall–Kier alpha value is -0.770. The Morgan fingerprint density at radius 3 is 2.35 bits per heavy atom. The van der Waals surface area contributed by atoms with Crippen LogP contribution in [0.1, 0.15) is 46.5 Å². The number of hydrogen-bond donors (Lipinski definition) is 1. The minimum absolute atomic E-state index is 0.162. The minimum Gasteiger partial charge on any atom is -0.444 e. The summed E-state index contributed by atoms with van der Waals surface area (Å²) in [5.41, 5.74) is -0.0731. The summed E-state index contributed by atoms with van der Waals surface area (Å²) in [6.45, 7) is 8.51. The fourth-order valence-electron chi connectivity index (χ4n) is 2.74. The van der Waals surface area contributed by atoms with Crippen LogP contribution in [0.2, 0.25) is 0 Å². The predicted molar refractivity (Wildman–Crippen MR) is 67.0 cm³/mol. The number of nitrogens with zero attached hydrogens (tertiary/aromatic N) is 1. The summed E-state index contributed by atoms with van der Waals surface area (Å²) in [7, 11) is 0. The van der Waals surface area contributed by atoms with Gasteiger partial charge in [0.25, 0.3) is 0 Å². The lowest BCUT2D eigenvalue weighted by Crippen LogP contribution is -2.52. The number of carbonyl (C=O) groups excluding carboxylic acids is 1. The predicted octanol–water partition coefficient (Wildman–Crippen LogP) is 2.14. The van der Waals surface area contributed by atoms with Crippen molar-refractivity contribution in [3.63, 3.8) is 0 Å². The molecule has 2 aliphatic rings. The van der Waals surface area contributed by atoms with Gasteiger partial charge < -0.3 is 15.0 Å². The van der Waals surface area contributed by atoms with Crippen molar-refractivity contribution in [2.45, 2.75) is 57.6 Å². The lowest BCUT2D eigenvalue weighted by molar-refractivity contribution is 0.0158. The Kier molecular flexibility index (Phi) is 3.34. The molecule has 2 fully saturated rings. The first-order valence-corrected chi connectivity index (χ1v) is 6.63. The Labute approximate surface area is 104 Å². The van der Waals surface area contributed by atoms with E-state index in [0.29, 0.717) is 5.54 Å². The maximum absolute atomic E-state index is 11.9. The molecule has 0 radical (unpaired) electrons. The number of ether oxygens (including phenoxy) is 1. The molecule has 0 unspecified atom stereocenters. The Bertz CT molecular complexity index is 280. The fraction of sp³-hybridized carbons (Fsp3) is 0.923. The van der Waals surface area contributed by atoms with Crippen molar-refractivity contribution in [2.75, 3.05) is 19.6 Å². The zero-order chi connectivity index (χ0) is 12.5. The van der Waals surface area contributed by atoms with Crippen molar-refractivity contribution in [1.82, 2.24) is 10.2 Å². The van der Waals surface area contributed by atoms with E-state index in [9.17, 15) is 4.79 Å². The zero-order valence-electron chi connectivity index (χ0n) is 11.2. The monoisotopic (exact) mass is 240 g/mol. The molecule has 1 spiro atoms. The summed E-state index contributed by atoms with van der Waals surface area (Å²) in [5.74, 6) is 0. The third-order valence-electron chi connectivity index (χ3n) is 3.70. The van der Waals surface area contributed by atoms with E-state index in [0.717, 1.165) is 32.5 Å². The van der Waals surface area contributed by atoms with Gasteiger partial charge in [-0.3, -0.25) is 0 Å². The average Bonchev–Trinajstić information content (AvgIpc) is 2.65. The highest BCUT2D eigenvalue weighted by Gasteiger charge is 2.38. The number of carbonyl (C=O) groups is 1. The summed E-state index contributed by atoms with van der Waals surface area (Å²) < 4.78 is 5.39. The van der Waals surface area contributed by atoms with Crippen LogP contribution in [0, 0.1) is 0 Å². The molecule has 0 bridgehead atoms. The fourth-order valence-corrected chi connectivity index (χ4v) is 2.74. The molecule has 2 aliphatic heterocycles. The van der Waals surface area contributed by atoms with Gasteiger partial charge in [0.05, 0.1) is 0 Å². The third kappa shape index (κ3) is 3.12. The molecule has 4 nitrogen and oxygen atoms in total. The van der Waals surface area contributed by atoms with Gasteiger partial charge >= 0.3 is 6.09 Å². The van der Waals surface area contributed by atoms with Gasteiger partial charge in [0, 0.05) is 18.6 Å². The van der Waals surface area contributed by atoms with E-state index in [-0.39, 0.29) is 6.09 Å². The van der Waals surface area contributed by atoms with Crippen LogP contribution in [0.5, 0.6) is 0 Å². The van der Waals surface area contributed by atoms with Gasteiger partial charge in [0.15, 0.2) is 0 Å². The normalized spacial score (nSPS) is 24.1. The van der Waals surface area contributed by atoms with Gasteiger partial charge in [0.1, 0.15) is 5.60 Å². The smallest absolute Gasteiger partial charge is 0.410 e. The molecular formula is C13H24N2O2. The Morgan fingerprint density at radius 1 is 1.24 bits per heavy atom. The highest BCUT2D eigenvalue weighted by Crippen LogP contribution is 2.31. The van der Waals surface area contributed by atoms with E-state index < -0.39 is 5.60 Å². The third-order valence-corrected chi connectivity index (χ3v) is 3.70. The molecular weight excluding hydrogens is 216 g/mol. The quantitative estimate of drug-likeness (QED) is 0.705. The van der Waals surface area contributed by atoms with Gasteiger partial charge in [-0.2, -0.15) is 0 Å². The second-order valence-electron chi connectivity index (χ2n) is 6.28. The maximum Gasteiger partial charge on any atom is 0.410 e. The molecule has 2 saturated heterocycles. The first kappa shape index (κ1) is 12.7. The van der Waals surface area contributed by atoms with Crippen molar-refractivity contribution in [2.24, 2.45) is 0 Å². The van der Waals surface area contributed by atoms with Crippen LogP contribution in [-0.4, -0.2) is 41.8 Å². The molecule has 0 aromatic carbocycles. The summed E-state index contributed by atoms with van der Waals surface area (Å²) in [6.07, 6.45) is 4.49. The van der Waals surface area contributed by atoms with Crippen molar-refractivity contribution in [1.29, 1.82) is 0 Å².